The van der Waals surface area contributed by atoms with Crippen LogP contribution in [0.1, 0.15) is 34.7 Å². The predicted octanol–water partition coefficient (Wildman–Crippen LogP) is 4.06. The van der Waals surface area contributed by atoms with E-state index in [0.29, 0.717) is 6.54 Å². The molecule has 0 radical (unpaired) electrons. The summed E-state index contributed by atoms with van der Waals surface area (Å²) in [5.74, 6) is 0.0552. The van der Waals surface area contributed by atoms with E-state index in [0.717, 1.165) is 31.6 Å². The van der Waals surface area contributed by atoms with Crippen molar-refractivity contribution in [2.24, 2.45) is 0 Å². The summed E-state index contributed by atoms with van der Waals surface area (Å²) in [7, 11) is 0. The average molecular weight is 414 g/mol. The molecule has 4 nitrogen and oxygen atoms in total. The molecule has 1 saturated heterocycles. The molecule has 31 heavy (non-hydrogen) atoms. The molecule has 2 N–H and O–H groups in total. The van der Waals surface area contributed by atoms with Crippen LogP contribution in [0.5, 0.6) is 0 Å². The van der Waals surface area contributed by atoms with Gasteiger partial charge in [-0.05, 0) is 30.0 Å². The maximum atomic E-state index is 12.7. The van der Waals surface area contributed by atoms with Crippen LogP contribution in [-0.2, 0) is 11.3 Å². The second kappa shape index (κ2) is 10.4. The summed E-state index contributed by atoms with van der Waals surface area (Å²) in [5, 5.41) is 6.69. The molecular weight excluding hydrogens is 382 g/mol. The molecule has 1 heterocycles. The fourth-order valence-corrected chi connectivity index (χ4v) is 4.24. The van der Waals surface area contributed by atoms with E-state index in [1.54, 1.807) is 0 Å². The molecular formula is C27H31N3O. The molecule has 1 aliphatic heterocycles. The number of hydrogen-bond donors (Lipinski definition) is 2. The molecule has 1 aliphatic rings. The molecule has 1 fully saturated rings. The Hall–Kier alpha value is -2.95. The van der Waals surface area contributed by atoms with Crippen LogP contribution in [0.15, 0.2) is 84.9 Å². The van der Waals surface area contributed by atoms with E-state index in [1.165, 1.54) is 16.7 Å². The van der Waals surface area contributed by atoms with Crippen molar-refractivity contribution in [2.75, 3.05) is 19.6 Å². The standard InChI is InChI=1S/C27H31N3O/c1-21-12-14-24(15-13-21)27(23-10-6-3-7-11-23)28-18-26(31)29-25-16-17-30(20-25)19-22-8-4-2-5-9-22/h2-15,25,27-28H,16-20H2,1H3,(H,29,31). The Morgan fingerprint density at radius 2 is 1.58 bits per heavy atom. The number of likely N-dealkylation sites (tertiary alicyclic amines) is 1. The van der Waals surface area contributed by atoms with Gasteiger partial charge in [0.1, 0.15) is 0 Å². The van der Waals surface area contributed by atoms with Crippen molar-refractivity contribution in [3.8, 4) is 0 Å². The van der Waals surface area contributed by atoms with Gasteiger partial charge in [0.2, 0.25) is 5.91 Å². The molecule has 0 aromatic heterocycles. The number of benzene rings is 3. The minimum absolute atomic E-state index is 0.00860. The molecule has 2 unspecified atom stereocenters. The summed E-state index contributed by atoms with van der Waals surface area (Å²) < 4.78 is 0. The first kappa shape index (κ1) is 21.3. The smallest absolute Gasteiger partial charge is 0.234 e. The van der Waals surface area contributed by atoms with Crippen molar-refractivity contribution in [3.05, 3.63) is 107 Å². The van der Waals surface area contributed by atoms with Gasteiger partial charge in [-0.2, -0.15) is 0 Å². The summed E-state index contributed by atoms with van der Waals surface area (Å²) in [4.78, 5) is 15.1. The lowest BCUT2D eigenvalue weighted by molar-refractivity contribution is -0.120. The molecule has 1 amide bonds. The highest BCUT2D eigenvalue weighted by Gasteiger charge is 2.24. The Kier molecular flexibility index (Phi) is 7.13. The number of nitrogens with one attached hydrogen (secondary N) is 2. The molecule has 0 aliphatic carbocycles. The van der Waals surface area contributed by atoms with Gasteiger partial charge < -0.3 is 5.32 Å². The van der Waals surface area contributed by atoms with Gasteiger partial charge in [-0.1, -0.05) is 90.5 Å². The number of hydrogen-bond acceptors (Lipinski definition) is 3. The van der Waals surface area contributed by atoms with Crippen LogP contribution in [0.4, 0.5) is 0 Å². The van der Waals surface area contributed by atoms with Crippen molar-refractivity contribution in [1.82, 2.24) is 15.5 Å². The molecule has 0 bridgehead atoms. The van der Waals surface area contributed by atoms with Crippen LogP contribution >= 0.6 is 0 Å². The van der Waals surface area contributed by atoms with E-state index in [4.69, 9.17) is 0 Å². The van der Waals surface area contributed by atoms with Crippen LogP contribution in [-0.4, -0.2) is 36.5 Å². The molecule has 0 spiro atoms. The summed E-state index contributed by atoms with van der Waals surface area (Å²) in [5.41, 5.74) is 4.88. The Morgan fingerprint density at radius 3 is 2.29 bits per heavy atom. The molecule has 160 valence electrons. The van der Waals surface area contributed by atoms with Crippen LogP contribution in [0.2, 0.25) is 0 Å². The summed E-state index contributed by atoms with van der Waals surface area (Å²) in [6, 6.07) is 29.5. The molecule has 2 atom stereocenters. The van der Waals surface area contributed by atoms with Crippen molar-refractivity contribution in [2.45, 2.75) is 32.0 Å². The highest BCUT2D eigenvalue weighted by atomic mass is 16.2. The second-order valence-electron chi connectivity index (χ2n) is 8.41. The maximum absolute atomic E-state index is 12.7. The Labute approximate surface area is 185 Å². The molecule has 3 aromatic rings. The normalized spacial score (nSPS) is 17.4. The van der Waals surface area contributed by atoms with Crippen LogP contribution in [0.25, 0.3) is 0 Å². The lowest BCUT2D eigenvalue weighted by Gasteiger charge is -2.21. The quantitative estimate of drug-likeness (QED) is 0.585. The molecule has 4 rings (SSSR count). The maximum Gasteiger partial charge on any atom is 0.234 e. The summed E-state index contributed by atoms with van der Waals surface area (Å²) in [6.45, 7) is 5.24. The fraction of sp³-hybridized carbons (Fsp3) is 0.296. The SMILES string of the molecule is Cc1ccc(C(NCC(=O)NC2CCN(Cc3ccccc3)C2)c2ccccc2)cc1. The van der Waals surface area contributed by atoms with Crippen molar-refractivity contribution in [3.63, 3.8) is 0 Å². The van der Waals surface area contributed by atoms with Gasteiger partial charge in [0, 0.05) is 25.7 Å². The Bertz CT molecular complexity index is 957. The topological polar surface area (TPSA) is 44.4 Å². The van der Waals surface area contributed by atoms with Gasteiger partial charge >= 0.3 is 0 Å². The molecule has 3 aromatic carbocycles. The third-order valence-corrected chi connectivity index (χ3v) is 5.90. The van der Waals surface area contributed by atoms with Gasteiger partial charge in [-0.3, -0.25) is 15.0 Å². The Balaban J connectivity index is 1.31. The summed E-state index contributed by atoms with van der Waals surface area (Å²) in [6.07, 6.45) is 0.999. The van der Waals surface area contributed by atoms with E-state index in [9.17, 15) is 4.79 Å². The first-order valence-corrected chi connectivity index (χ1v) is 11.1. The summed E-state index contributed by atoms with van der Waals surface area (Å²) >= 11 is 0. The first-order valence-electron chi connectivity index (χ1n) is 11.1. The van der Waals surface area contributed by atoms with Gasteiger partial charge in [0.15, 0.2) is 0 Å². The van der Waals surface area contributed by atoms with Crippen LogP contribution < -0.4 is 10.6 Å². The number of rotatable bonds is 8. The van der Waals surface area contributed by atoms with E-state index < -0.39 is 0 Å². The van der Waals surface area contributed by atoms with Crippen LogP contribution in [0.3, 0.4) is 0 Å². The zero-order valence-electron chi connectivity index (χ0n) is 18.1. The van der Waals surface area contributed by atoms with Crippen LogP contribution in [0, 0.1) is 6.92 Å². The Morgan fingerprint density at radius 1 is 0.935 bits per heavy atom. The minimum Gasteiger partial charge on any atom is -0.351 e. The number of aryl methyl sites for hydroxylation is 1. The van der Waals surface area contributed by atoms with Gasteiger partial charge in [0.25, 0.3) is 0 Å². The number of nitrogens with zero attached hydrogens (tertiary/aromatic N) is 1. The molecule has 0 saturated carbocycles. The largest absolute Gasteiger partial charge is 0.351 e. The zero-order chi connectivity index (χ0) is 21.5. The third kappa shape index (κ3) is 6.03. The highest BCUT2D eigenvalue weighted by Crippen LogP contribution is 2.22. The molecule has 4 heteroatoms. The minimum atomic E-state index is -0.00860. The zero-order valence-corrected chi connectivity index (χ0v) is 18.1. The van der Waals surface area contributed by atoms with Gasteiger partial charge in [0.05, 0.1) is 12.6 Å². The number of carbonyl (C=O) groups is 1. The van der Waals surface area contributed by atoms with E-state index in [1.807, 2.05) is 24.3 Å². The van der Waals surface area contributed by atoms with Gasteiger partial charge in [-0.15, -0.1) is 0 Å². The van der Waals surface area contributed by atoms with E-state index in [-0.39, 0.29) is 18.0 Å². The second-order valence-corrected chi connectivity index (χ2v) is 8.41. The third-order valence-electron chi connectivity index (χ3n) is 5.90. The van der Waals surface area contributed by atoms with Crippen molar-refractivity contribution < 1.29 is 4.79 Å². The van der Waals surface area contributed by atoms with E-state index in [2.05, 4.69) is 83.1 Å². The van der Waals surface area contributed by atoms with Crippen molar-refractivity contribution in [1.29, 1.82) is 0 Å². The highest BCUT2D eigenvalue weighted by molar-refractivity contribution is 5.78. The average Bonchev–Trinajstić information content (AvgIpc) is 3.23. The number of carbonyl (C=O) groups excluding carboxylic acids is 1. The van der Waals surface area contributed by atoms with Crippen molar-refractivity contribution >= 4 is 5.91 Å². The van der Waals surface area contributed by atoms with E-state index >= 15 is 0 Å². The predicted molar refractivity (Wildman–Crippen MR) is 126 cm³/mol. The monoisotopic (exact) mass is 413 g/mol. The lowest BCUT2D eigenvalue weighted by atomic mass is 9.98. The lowest BCUT2D eigenvalue weighted by Crippen LogP contribution is -2.42. The fourth-order valence-electron chi connectivity index (χ4n) is 4.24. The number of amides is 1. The van der Waals surface area contributed by atoms with Gasteiger partial charge in [-0.25, -0.2) is 0 Å². The first-order chi connectivity index (χ1) is 15.2.